The summed E-state index contributed by atoms with van der Waals surface area (Å²) in [5.74, 6) is -3.97. The fourth-order valence-electron chi connectivity index (χ4n) is 13.8. The summed E-state index contributed by atoms with van der Waals surface area (Å²) in [5.41, 5.74) is 7.01. The van der Waals surface area contributed by atoms with Crippen molar-refractivity contribution in [1.82, 2.24) is 72.5 Å². The van der Waals surface area contributed by atoms with Crippen molar-refractivity contribution in [3.8, 4) is 5.69 Å². The van der Waals surface area contributed by atoms with Gasteiger partial charge in [-0.25, -0.2) is 33.8 Å². The molecular weight excluding hydrogens is 1940 g/mol. The number of aliphatic carboxylic acids is 4. The number of pyridine rings is 1. The second-order valence-electron chi connectivity index (χ2n) is 31.3. The molecule has 0 saturated carbocycles. The van der Waals surface area contributed by atoms with E-state index in [0.29, 0.717) is 112 Å². The van der Waals surface area contributed by atoms with Crippen molar-refractivity contribution < 1.29 is 73.2 Å². The van der Waals surface area contributed by atoms with Crippen LogP contribution in [0.4, 0.5) is 11.8 Å². The van der Waals surface area contributed by atoms with Gasteiger partial charge in [0.25, 0.3) is 23.6 Å². The molecule has 0 bridgehead atoms. The smallest absolute Gasteiger partial charge is 0.326 e. The van der Waals surface area contributed by atoms with Crippen molar-refractivity contribution in [2.45, 2.75) is 121 Å². The van der Waals surface area contributed by atoms with E-state index in [4.69, 9.17) is 92.8 Å². The Morgan fingerprint density at radius 3 is 1.02 bits per heavy atom. The molecule has 13 rings (SSSR count). The molecule has 11 aromatic rings. The maximum atomic E-state index is 12.6. The number of Topliss-reactive ketones (excluding diaryl/α,β-unsaturated/α-hetero) is 3. The number of H-pyrrole nitrogens is 1. The van der Waals surface area contributed by atoms with Crippen LogP contribution in [0, 0.1) is 0 Å². The zero-order chi connectivity index (χ0) is 99.0. The third kappa shape index (κ3) is 34.9. The van der Waals surface area contributed by atoms with Gasteiger partial charge in [-0.15, -0.1) is 5.10 Å². The number of aliphatic imine (C=N–C) groups is 2. The van der Waals surface area contributed by atoms with Crippen LogP contribution < -0.4 is 53.2 Å². The molecule has 0 saturated heterocycles. The van der Waals surface area contributed by atoms with E-state index in [1.54, 1.807) is 151 Å². The largest absolute Gasteiger partial charge is 0.480 e. The number of aromatic nitrogens is 6. The van der Waals surface area contributed by atoms with Gasteiger partial charge in [0.2, 0.25) is 0 Å². The summed E-state index contributed by atoms with van der Waals surface area (Å²) in [7, 11) is 0. The predicted molar refractivity (Wildman–Crippen MR) is 531 cm³/mol. The minimum Gasteiger partial charge on any atom is -0.480 e. The second kappa shape index (κ2) is 55.0. The van der Waals surface area contributed by atoms with Crippen LogP contribution in [0.15, 0.2) is 223 Å². The van der Waals surface area contributed by atoms with Gasteiger partial charge < -0.3 is 78.6 Å². The number of carbonyl (C=O) groups excluding carboxylic acids is 7. The zero-order valence-corrected chi connectivity index (χ0v) is 80.1. The van der Waals surface area contributed by atoms with Gasteiger partial charge in [-0.3, -0.25) is 43.5 Å². The average Bonchev–Trinajstić information content (AvgIpc) is 1.16. The molecule has 2 aliphatic heterocycles. The summed E-state index contributed by atoms with van der Waals surface area (Å²) in [6, 6.07) is 47.9. The number of guanidine groups is 2. The molecule has 0 spiro atoms. The Hall–Kier alpha value is -13.5. The number of rotatable bonds is 43. The number of aromatic amines is 1. The first kappa shape index (κ1) is 107. The predicted octanol–water partition coefficient (Wildman–Crippen LogP) is 14.3. The van der Waals surface area contributed by atoms with Crippen molar-refractivity contribution >= 4 is 181 Å². The number of carboxylic acid groups (broad SMARTS) is 4. The fraction of sp³-hybridized carbons (Fsp3) is 0.268. The minimum absolute atomic E-state index is 0.0327. The van der Waals surface area contributed by atoms with Crippen LogP contribution in [0.25, 0.3) is 5.69 Å². The second-order valence-corrected chi connectivity index (χ2v) is 34.6. The number of benzene rings is 8. The lowest BCUT2D eigenvalue weighted by molar-refractivity contribution is -0.140. The summed E-state index contributed by atoms with van der Waals surface area (Å²) in [4.78, 5) is 154. The summed E-state index contributed by atoms with van der Waals surface area (Å²) in [6.07, 6.45) is 12.6. The number of anilines is 2. The van der Waals surface area contributed by atoms with Crippen molar-refractivity contribution in [2.24, 2.45) is 9.98 Å². The molecule has 33 nitrogen and oxygen atoms in total. The van der Waals surface area contributed by atoms with E-state index in [1.165, 1.54) is 48.5 Å². The number of amides is 4. The summed E-state index contributed by atoms with van der Waals surface area (Å²) in [5, 5.41) is 76.6. The van der Waals surface area contributed by atoms with Crippen LogP contribution in [0.2, 0.25) is 40.2 Å². The van der Waals surface area contributed by atoms with Crippen molar-refractivity contribution in [3.63, 3.8) is 0 Å². The molecule has 41 heteroatoms. The molecule has 3 aromatic heterocycles. The first-order chi connectivity index (χ1) is 66.4. The maximum absolute atomic E-state index is 12.6. The Morgan fingerprint density at radius 1 is 0.370 bits per heavy atom. The first-order valence-electron chi connectivity index (χ1n) is 43.5. The third-order valence-corrected chi connectivity index (χ3v) is 23.4. The molecule has 0 radical (unpaired) electrons. The molecule has 138 heavy (non-hydrogen) atoms. The number of carboxylic acids is 4. The summed E-state index contributed by atoms with van der Waals surface area (Å²) >= 11 is 48.4. The number of nitrogens with zero attached hydrogens (tertiary/aromatic N) is 7. The van der Waals surface area contributed by atoms with E-state index in [0.717, 1.165) is 78.4 Å². The molecule has 0 fully saturated rings. The highest BCUT2D eigenvalue weighted by Crippen LogP contribution is 2.30. The van der Waals surface area contributed by atoms with Gasteiger partial charge in [0.1, 0.15) is 53.0 Å². The molecule has 0 unspecified atom stereocenters. The van der Waals surface area contributed by atoms with Crippen molar-refractivity contribution in [1.29, 1.82) is 0 Å². The normalized spacial score (nSPS) is 12.6. The molecule has 5 heterocycles. The lowest BCUT2D eigenvalue weighted by atomic mass is 10.0. The lowest BCUT2D eigenvalue weighted by Gasteiger charge is -2.16. The van der Waals surface area contributed by atoms with Gasteiger partial charge in [-0.2, -0.15) is 0 Å². The Balaban J connectivity index is 0.000000190. The highest BCUT2D eigenvalue weighted by Gasteiger charge is 2.30. The van der Waals surface area contributed by atoms with E-state index >= 15 is 0 Å². The van der Waals surface area contributed by atoms with E-state index in [-0.39, 0.29) is 105 Å². The number of carbonyl (C=O) groups is 11. The van der Waals surface area contributed by atoms with Gasteiger partial charge in [-0.05, 0) is 137 Å². The molecule has 0 aliphatic carbocycles. The monoisotopic (exact) mass is 2030 g/mol. The Kier molecular flexibility index (Phi) is 42.5. The van der Waals surface area contributed by atoms with Crippen molar-refractivity contribution in [2.75, 3.05) is 56.4 Å². The number of ketones is 3. The number of hydrogen-bond donors (Lipinski definition) is 15. The van der Waals surface area contributed by atoms with Crippen LogP contribution in [0.1, 0.15) is 131 Å². The topological polar surface area (TPSA) is 486 Å². The lowest BCUT2D eigenvalue weighted by Crippen LogP contribution is -2.42. The molecule has 8 aromatic carbocycles. The Morgan fingerprint density at radius 2 is 0.710 bits per heavy atom. The van der Waals surface area contributed by atoms with E-state index < -0.39 is 71.7 Å². The SMILES string of the molecule is O=C(CCCNC1=NCCCN1)Cc1ccc(C[C@H](NC(=O)c2c(Cl)cccc2Cl)C(=O)O)cc1.O=C(CCCNC1=NCCN1)Cc1ccc(C[C@H](NC(=O)c2c(Cl)cccc2Cl)C(=O)O)cc1.O=C(CCCNc1ncc[nH]1)Cc1ccc(C[C@H](NC(=O)c2c(Cl)cccc2Cl)C(=O)O)cc1.O=C(N[C@@H](Cc1ccc(-n2cc(CNc3ccccn3)nn2)cc1)C(=O)O)c1c(Cl)cccc1Cl. The van der Waals surface area contributed by atoms with Crippen LogP contribution in [0.3, 0.4) is 0 Å². The maximum Gasteiger partial charge on any atom is 0.326 e. The Labute approximate surface area is 833 Å². The highest BCUT2D eigenvalue weighted by atomic mass is 35.5. The molecule has 2 aliphatic rings. The number of halogens is 8. The highest BCUT2D eigenvalue weighted by molar-refractivity contribution is 6.42. The summed E-state index contributed by atoms with van der Waals surface area (Å²) in [6.45, 7) is 5.80. The van der Waals surface area contributed by atoms with Gasteiger partial charge >= 0.3 is 23.9 Å². The van der Waals surface area contributed by atoms with E-state index in [9.17, 15) is 73.2 Å². The van der Waals surface area contributed by atoms with Gasteiger partial charge in [0.05, 0.1) is 87.4 Å². The fourth-order valence-corrected chi connectivity index (χ4v) is 16.1. The zero-order valence-electron chi connectivity index (χ0n) is 74.0. The van der Waals surface area contributed by atoms with Gasteiger partial charge in [0, 0.05) is 122 Å². The van der Waals surface area contributed by atoms with Gasteiger partial charge in [0.15, 0.2) is 17.9 Å². The van der Waals surface area contributed by atoms with Gasteiger partial charge in [-0.1, -0.05) is 213 Å². The minimum atomic E-state index is -1.18. The average molecular weight is 2040 g/mol. The van der Waals surface area contributed by atoms with Crippen LogP contribution in [-0.2, 0) is 85.1 Å². The molecular formula is C97H98Cl8N18O15. The standard InChI is InChI=1S/C25H28Cl2N4O4.C24H20Cl2N6O3.C24H26Cl2N4O4.C24H24Cl2N4O4/c26-19-5-1-6-20(27)22(19)23(33)31-21(24(34)35)15-17-9-7-16(8-10-17)14-18(32)4-2-11-28-25-29-12-3-13-30-25;25-18-4-3-5-19(26)22(18)23(33)29-20(24(34)35)12-15-7-9-17(10-8-15)32-14-16(30-31-32)13-28-21-6-1-2-11-27-21;2*25-18-4-1-5-19(26)21(18)22(32)30-20(23(33)34)14-16-8-6-15(7-9-16)13-17(31)3-2-10-27-24-28-11-12-29-24/h1,5-10,21H,2-4,11-15H2,(H,31,33)(H,34,35)(H2,28,29,30);1-11,14,20H,12-13H2,(H,27,28)(H,29,33)(H,34,35);1,4-9,20H,2-3,10-14H2,(H,30,32)(H,33,34)(H2,27,28,29);1,4-9,11-12,20H,2-3,10,13-14H2,(H,30,32)(H,33,34)(H2,27,28,29)/t21-;3*20-/m0000/s1. The van der Waals surface area contributed by atoms with E-state index in [1.807, 2.05) is 18.2 Å². The molecule has 15 N–H and O–H groups in total. The first-order valence-corrected chi connectivity index (χ1v) is 46.5. The van der Waals surface area contributed by atoms with Crippen LogP contribution in [-0.4, -0.2) is 197 Å². The van der Waals surface area contributed by atoms with Crippen LogP contribution >= 0.6 is 92.8 Å². The van der Waals surface area contributed by atoms with Crippen molar-refractivity contribution in [3.05, 3.63) is 320 Å². The number of nitrogens with one attached hydrogen (secondary N) is 11. The Bertz CT molecular complexity index is 6010. The third-order valence-electron chi connectivity index (χ3n) is 20.9. The molecule has 722 valence electrons. The van der Waals surface area contributed by atoms with E-state index in [2.05, 4.69) is 88.4 Å². The molecule has 4 atom stereocenters. The number of imidazole rings is 1. The molecule has 4 amide bonds. The van der Waals surface area contributed by atoms with Crippen LogP contribution in [0.5, 0.6) is 0 Å². The number of hydrogen-bond acceptors (Lipinski definition) is 23. The quantitative estimate of drug-likeness (QED) is 0.0158. The summed E-state index contributed by atoms with van der Waals surface area (Å²) < 4.78 is 1.62.